The van der Waals surface area contributed by atoms with Gasteiger partial charge in [-0.15, -0.1) is 0 Å². The first-order chi connectivity index (χ1) is 13.6. The lowest BCUT2D eigenvalue weighted by Crippen LogP contribution is -2.25. The summed E-state index contributed by atoms with van der Waals surface area (Å²) in [5, 5.41) is 4.09. The number of anilines is 1. The predicted octanol–water partition coefficient (Wildman–Crippen LogP) is 3.03. The molecular weight excluding hydrogens is 356 g/mol. The first-order valence-electron chi connectivity index (χ1n) is 9.17. The predicted molar refractivity (Wildman–Crippen MR) is 105 cm³/mol. The van der Waals surface area contributed by atoms with Crippen LogP contribution in [-0.2, 0) is 11.3 Å². The van der Waals surface area contributed by atoms with Crippen LogP contribution in [0.25, 0.3) is 11.4 Å². The molecule has 1 fully saturated rings. The first-order valence-corrected chi connectivity index (χ1v) is 9.17. The fourth-order valence-electron chi connectivity index (χ4n) is 3.42. The van der Waals surface area contributed by atoms with Crippen molar-refractivity contribution in [3.63, 3.8) is 0 Å². The summed E-state index contributed by atoms with van der Waals surface area (Å²) in [5.74, 6) is 1.52. The molecule has 1 unspecified atom stereocenters. The van der Waals surface area contributed by atoms with Gasteiger partial charge in [-0.2, -0.15) is 4.98 Å². The molecule has 144 valence electrons. The molecule has 1 aliphatic heterocycles. The zero-order valence-corrected chi connectivity index (χ0v) is 15.9. The van der Waals surface area contributed by atoms with Crippen molar-refractivity contribution in [2.75, 3.05) is 18.6 Å². The Hall–Kier alpha value is -3.19. The molecule has 0 radical (unpaired) electrons. The topological polar surface area (TPSA) is 94.5 Å². The molecular formula is C21H22N4O3. The van der Waals surface area contributed by atoms with Crippen LogP contribution in [0, 0.1) is 6.92 Å². The van der Waals surface area contributed by atoms with Gasteiger partial charge in [0, 0.05) is 25.1 Å². The van der Waals surface area contributed by atoms with E-state index in [2.05, 4.69) is 10.1 Å². The van der Waals surface area contributed by atoms with E-state index in [-0.39, 0.29) is 11.8 Å². The molecule has 0 bridgehead atoms. The highest BCUT2D eigenvalue weighted by atomic mass is 16.5. The Labute approximate surface area is 163 Å². The maximum atomic E-state index is 12.7. The quantitative estimate of drug-likeness (QED) is 0.733. The van der Waals surface area contributed by atoms with Crippen LogP contribution < -0.4 is 15.4 Å². The van der Waals surface area contributed by atoms with Crippen LogP contribution in [0.2, 0.25) is 0 Å². The molecule has 1 saturated heterocycles. The molecule has 2 N–H and O–H groups in total. The van der Waals surface area contributed by atoms with Crippen molar-refractivity contribution in [3.8, 4) is 17.1 Å². The summed E-state index contributed by atoms with van der Waals surface area (Å²) in [4.78, 5) is 18.9. The number of carbonyl (C=O) groups excluding carboxylic acids is 1. The van der Waals surface area contributed by atoms with Gasteiger partial charge in [-0.1, -0.05) is 35.5 Å². The summed E-state index contributed by atoms with van der Waals surface area (Å²) < 4.78 is 10.9. The number of hydrogen-bond acceptors (Lipinski definition) is 6. The highest BCUT2D eigenvalue weighted by Crippen LogP contribution is 2.37. The van der Waals surface area contributed by atoms with Crippen LogP contribution in [0.15, 0.2) is 47.0 Å². The average Bonchev–Trinajstić information content (AvgIpc) is 3.35. The van der Waals surface area contributed by atoms with Crippen LogP contribution in [0.5, 0.6) is 5.75 Å². The van der Waals surface area contributed by atoms with E-state index in [0.717, 1.165) is 22.4 Å². The maximum Gasteiger partial charge on any atom is 0.232 e. The number of nitrogens with zero attached hydrogens (tertiary/aromatic N) is 3. The summed E-state index contributed by atoms with van der Waals surface area (Å²) in [6.45, 7) is 2.95. The van der Waals surface area contributed by atoms with Gasteiger partial charge in [0.1, 0.15) is 5.75 Å². The molecule has 2 aromatic carbocycles. The van der Waals surface area contributed by atoms with Gasteiger partial charge >= 0.3 is 0 Å². The summed E-state index contributed by atoms with van der Waals surface area (Å²) in [6, 6.07) is 13.5. The van der Waals surface area contributed by atoms with E-state index in [0.29, 0.717) is 37.0 Å². The SMILES string of the molecule is COc1ccc(C)cc1N1CC(c2nc(-c3ccc(CN)cc3)no2)CC1=O. The average molecular weight is 378 g/mol. The lowest BCUT2D eigenvalue weighted by Gasteiger charge is -2.19. The fourth-order valence-corrected chi connectivity index (χ4v) is 3.42. The number of rotatable bonds is 5. The van der Waals surface area contributed by atoms with Gasteiger partial charge in [0.15, 0.2) is 0 Å². The molecule has 1 aliphatic rings. The third kappa shape index (κ3) is 3.36. The summed E-state index contributed by atoms with van der Waals surface area (Å²) >= 11 is 0. The van der Waals surface area contributed by atoms with Crippen LogP contribution in [0.3, 0.4) is 0 Å². The van der Waals surface area contributed by atoms with E-state index in [9.17, 15) is 4.79 Å². The van der Waals surface area contributed by atoms with E-state index in [1.165, 1.54) is 0 Å². The van der Waals surface area contributed by atoms with Crippen molar-refractivity contribution < 1.29 is 14.1 Å². The molecule has 1 atom stereocenters. The van der Waals surface area contributed by atoms with Crippen molar-refractivity contribution in [1.29, 1.82) is 0 Å². The van der Waals surface area contributed by atoms with Crippen molar-refractivity contribution in [1.82, 2.24) is 10.1 Å². The fraction of sp³-hybridized carbons (Fsp3) is 0.286. The number of amides is 1. The Morgan fingerprint density at radius 1 is 1.25 bits per heavy atom. The Balaban J connectivity index is 1.56. The highest BCUT2D eigenvalue weighted by Gasteiger charge is 2.36. The number of ether oxygens (including phenoxy) is 1. The number of hydrogen-bond donors (Lipinski definition) is 1. The van der Waals surface area contributed by atoms with E-state index in [1.807, 2.05) is 49.4 Å². The van der Waals surface area contributed by atoms with Crippen LogP contribution in [0.1, 0.15) is 29.4 Å². The third-order valence-electron chi connectivity index (χ3n) is 4.99. The number of aryl methyl sites for hydroxylation is 1. The van der Waals surface area contributed by atoms with Gasteiger partial charge < -0.3 is 19.9 Å². The molecule has 2 heterocycles. The van der Waals surface area contributed by atoms with E-state index in [4.69, 9.17) is 15.0 Å². The first kappa shape index (κ1) is 18.2. The molecule has 28 heavy (non-hydrogen) atoms. The minimum Gasteiger partial charge on any atom is -0.495 e. The Morgan fingerprint density at radius 2 is 2.04 bits per heavy atom. The minimum absolute atomic E-state index is 0.0148. The summed E-state index contributed by atoms with van der Waals surface area (Å²) in [5.41, 5.74) is 9.36. The number of nitrogens with two attached hydrogens (primary N) is 1. The largest absolute Gasteiger partial charge is 0.495 e. The molecule has 4 rings (SSSR count). The molecule has 1 aromatic heterocycles. The maximum absolute atomic E-state index is 12.7. The Kier molecular flexibility index (Phi) is 4.83. The summed E-state index contributed by atoms with van der Waals surface area (Å²) in [7, 11) is 1.60. The van der Waals surface area contributed by atoms with Gasteiger partial charge in [-0.25, -0.2) is 0 Å². The zero-order chi connectivity index (χ0) is 19.7. The van der Waals surface area contributed by atoms with E-state index >= 15 is 0 Å². The molecule has 0 saturated carbocycles. The van der Waals surface area contributed by atoms with Gasteiger partial charge in [0.05, 0.1) is 18.7 Å². The number of aromatic nitrogens is 2. The molecule has 7 heteroatoms. The van der Waals surface area contributed by atoms with Gasteiger partial charge in [-0.3, -0.25) is 4.79 Å². The van der Waals surface area contributed by atoms with E-state index < -0.39 is 0 Å². The van der Waals surface area contributed by atoms with Crippen LogP contribution in [0.4, 0.5) is 5.69 Å². The lowest BCUT2D eigenvalue weighted by atomic mass is 10.1. The minimum atomic E-state index is -0.151. The van der Waals surface area contributed by atoms with Crippen molar-refractivity contribution >= 4 is 11.6 Å². The zero-order valence-electron chi connectivity index (χ0n) is 15.9. The molecule has 7 nitrogen and oxygen atoms in total. The van der Waals surface area contributed by atoms with Gasteiger partial charge in [0.2, 0.25) is 17.6 Å². The second-order valence-electron chi connectivity index (χ2n) is 6.94. The second-order valence-corrected chi connectivity index (χ2v) is 6.94. The number of benzene rings is 2. The van der Waals surface area contributed by atoms with Crippen molar-refractivity contribution in [2.24, 2.45) is 5.73 Å². The highest BCUT2D eigenvalue weighted by molar-refractivity contribution is 5.97. The third-order valence-corrected chi connectivity index (χ3v) is 4.99. The normalized spacial score (nSPS) is 16.6. The van der Waals surface area contributed by atoms with Crippen LogP contribution in [-0.4, -0.2) is 29.7 Å². The number of methoxy groups -OCH3 is 1. The monoisotopic (exact) mass is 378 g/mol. The Bertz CT molecular complexity index is 997. The summed E-state index contributed by atoms with van der Waals surface area (Å²) in [6.07, 6.45) is 0.324. The van der Waals surface area contributed by atoms with Crippen molar-refractivity contribution in [2.45, 2.75) is 25.8 Å². The standard InChI is InChI=1S/C21H22N4O3/c1-13-3-8-18(27-2)17(9-13)25-12-16(10-19(25)26)21-23-20(24-28-21)15-6-4-14(11-22)5-7-15/h3-9,16H,10-12,22H2,1-2H3. The molecule has 3 aromatic rings. The van der Waals surface area contributed by atoms with E-state index in [1.54, 1.807) is 12.0 Å². The second kappa shape index (κ2) is 7.44. The number of carbonyl (C=O) groups is 1. The Morgan fingerprint density at radius 3 is 2.75 bits per heavy atom. The van der Waals surface area contributed by atoms with Crippen molar-refractivity contribution in [3.05, 3.63) is 59.5 Å². The molecule has 0 aliphatic carbocycles. The molecule has 0 spiro atoms. The van der Waals surface area contributed by atoms with Gasteiger partial charge in [-0.05, 0) is 30.2 Å². The molecule has 1 amide bonds. The van der Waals surface area contributed by atoms with Crippen LogP contribution >= 0.6 is 0 Å². The van der Waals surface area contributed by atoms with Gasteiger partial charge in [0.25, 0.3) is 0 Å². The smallest absolute Gasteiger partial charge is 0.232 e. The lowest BCUT2D eigenvalue weighted by molar-refractivity contribution is -0.117.